The fraction of sp³-hybridized carbons (Fsp3) is 0. The molecule has 0 spiro atoms. The summed E-state index contributed by atoms with van der Waals surface area (Å²) >= 11 is -2.62. The number of hydrogen-bond acceptors (Lipinski definition) is 3. The van der Waals surface area contributed by atoms with Crippen molar-refractivity contribution in [3.63, 3.8) is 0 Å². The van der Waals surface area contributed by atoms with E-state index in [4.69, 9.17) is 2.81 Å². The van der Waals surface area contributed by atoms with Gasteiger partial charge in [-0.3, -0.25) is 0 Å². The summed E-state index contributed by atoms with van der Waals surface area (Å²) < 4.78 is 26.8. The minimum absolute atomic E-state index is 0.0556. The summed E-state index contributed by atoms with van der Waals surface area (Å²) in [5.74, 6) is 0. The van der Waals surface area contributed by atoms with E-state index in [9.17, 15) is 6.90 Å². The Morgan fingerprint density at radius 1 is 1.50 bits per heavy atom. The predicted octanol–water partition coefficient (Wildman–Crippen LogP) is -1.01. The van der Waals surface area contributed by atoms with Gasteiger partial charge in [0.2, 0.25) is 0 Å². The molecule has 0 atom stereocenters. The third-order valence-electron chi connectivity index (χ3n) is 0.0589. The molecular formula is HBiO3TiZn. The second-order valence-electron chi connectivity index (χ2n) is 0.289. The van der Waals surface area contributed by atoms with Crippen LogP contribution >= 0.6 is 0 Å². The summed E-state index contributed by atoms with van der Waals surface area (Å²) in [5, 5.41) is 0. The van der Waals surface area contributed by atoms with Crippen LogP contribution in [-0.2, 0) is 40.2 Å². The van der Waals surface area contributed by atoms with E-state index in [-0.39, 0.29) is 24.7 Å². The normalized spacial score (nSPS) is 2.67. The molecule has 6 heavy (non-hydrogen) atoms. The van der Waals surface area contributed by atoms with Crippen LogP contribution in [0.25, 0.3) is 0 Å². The van der Waals surface area contributed by atoms with Gasteiger partial charge in [0.05, 0.1) is 0 Å². The topological polar surface area (TPSA) is 51.2 Å². The van der Waals surface area contributed by atoms with Crippen LogP contribution in [0.15, 0.2) is 0 Å². The van der Waals surface area contributed by atoms with Crippen LogP contribution in [0.4, 0.5) is 0 Å². The first-order valence-electron chi connectivity index (χ1n) is 1.05. The van der Waals surface area contributed by atoms with Crippen LogP contribution in [0, 0.1) is 0 Å². The first kappa shape index (κ1) is 10.6. The van der Waals surface area contributed by atoms with Crippen molar-refractivity contribution >= 4 is 24.7 Å². The van der Waals surface area contributed by atoms with E-state index < -0.39 is 30.5 Å². The van der Waals surface area contributed by atoms with E-state index in [0.29, 0.717) is 0 Å². The molecule has 0 unspecified atom stereocenters. The molecule has 0 rings (SSSR count). The molecule has 0 aliphatic carbocycles. The average molecular weight is 371 g/mol. The van der Waals surface area contributed by atoms with Gasteiger partial charge in [0.25, 0.3) is 0 Å². The molecule has 0 amide bonds. The molecule has 0 saturated heterocycles. The molecule has 30 valence electrons. The molecule has 0 saturated carbocycles. The van der Waals surface area contributed by atoms with Crippen LogP contribution in [0.5, 0.6) is 0 Å². The Labute approximate surface area is 64.1 Å². The Kier molecular flexibility index (Phi) is 28.1. The van der Waals surface area contributed by atoms with Crippen molar-refractivity contribution in [1.29, 1.82) is 0 Å². The Morgan fingerprint density at radius 2 is 1.67 bits per heavy atom. The van der Waals surface area contributed by atoms with E-state index in [1.807, 2.05) is 0 Å². The summed E-state index contributed by atoms with van der Waals surface area (Å²) in [5.41, 5.74) is 0. The van der Waals surface area contributed by atoms with Gasteiger partial charge in [0.15, 0.2) is 0 Å². The molecule has 3 nitrogen and oxygen atoms in total. The minimum atomic E-state index is -1.57. The molecular weight excluding hydrogens is 370 g/mol. The van der Waals surface area contributed by atoms with Crippen LogP contribution < -0.4 is 0 Å². The quantitative estimate of drug-likeness (QED) is 0.556. The fourth-order valence-corrected chi connectivity index (χ4v) is 0. The predicted molar refractivity (Wildman–Crippen MR) is 9.21 cm³/mol. The first-order chi connectivity index (χ1) is 2.91. The van der Waals surface area contributed by atoms with E-state index in [2.05, 4.69) is 0 Å². The van der Waals surface area contributed by atoms with Gasteiger partial charge < -0.3 is 0 Å². The Balaban J connectivity index is 0. The van der Waals surface area contributed by atoms with Crippen molar-refractivity contribution in [2.75, 3.05) is 0 Å². The molecule has 0 bridgehead atoms. The fourth-order valence-electron chi connectivity index (χ4n) is 0. The summed E-state index contributed by atoms with van der Waals surface area (Å²) in [6, 6.07) is 0. The van der Waals surface area contributed by atoms with Gasteiger partial charge in [0, 0.05) is 0 Å². The Bertz CT molecular complexity index is 40.1. The van der Waals surface area contributed by atoms with Crippen LogP contribution in [-0.4, -0.2) is 24.7 Å². The molecule has 0 aliphatic rings. The maximum atomic E-state index is 9.23. The molecule has 0 aromatic carbocycles. The molecule has 0 fully saturated rings. The molecule has 0 aliphatic heterocycles. The van der Waals surface area contributed by atoms with Gasteiger partial charge in [-0.05, 0) is 0 Å². The van der Waals surface area contributed by atoms with E-state index in [1.165, 1.54) is 0 Å². The zero-order valence-corrected chi connectivity index (χ0v) is 11.3. The van der Waals surface area contributed by atoms with Gasteiger partial charge in [-0.1, -0.05) is 0 Å². The van der Waals surface area contributed by atoms with Gasteiger partial charge in [-0.25, -0.2) is 0 Å². The monoisotopic (exact) mass is 370 g/mol. The van der Waals surface area contributed by atoms with E-state index in [1.54, 1.807) is 0 Å². The van der Waals surface area contributed by atoms with Crippen LogP contribution in [0.1, 0.15) is 0 Å². The van der Waals surface area contributed by atoms with Crippen LogP contribution in [0.2, 0.25) is 0 Å². The summed E-state index contributed by atoms with van der Waals surface area (Å²) in [7, 11) is 0. The van der Waals surface area contributed by atoms with Gasteiger partial charge in [-0.2, -0.15) is 0 Å². The Hall–Kier alpha value is 1.62. The summed E-state index contributed by atoms with van der Waals surface area (Å²) in [6.45, 7) is 0. The van der Waals surface area contributed by atoms with Crippen molar-refractivity contribution < 1.29 is 40.2 Å². The van der Waals surface area contributed by atoms with Gasteiger partial charge >= 0.3 is 65.0 Å². The van der Waals surface area contributed by atoms with E-state index in [0.717, 1.165) is 0 Å². The second-order valence-corrected chi connectivity index (χ2v) is 6.18. The van der Waals surface area contributed by atoms with Crippen molar-refractivity contribution in [2.45, 2.75) is 0 Å². The molecule has 0 aromatic heterocycles. The summed E-state index contributed by atoms with van der Waals surface area (Å²) in [4.78, 5) is 0. The van der Waals surface area contributed by atoms with Gasteiger partial charge in [-0.15, -0.1) is 0 Å². The molecule has 0 radical (unpaired) electrons. The first-order valence-corrected chi connectivity index (χ1v) is 11.7. The van der Waals surface area contributed by atoms with Crippen molar-refractivity contribution in [2.24, 2.45) is 0 Å². The van der Waals surface area contributed by atoms with Crippen molar-refractivity contribution in [1.82, 2.24) is 0 Å². The summed E-state index contributed by atoms with van der Waals surface area (Å²) in [6.07, 6.45) is 0. The van der Waals surface area contributed by atoms with Gasteiger partial charge in [0.1, 0.15) is 0 Å². The zero-order chi connectivity index (χ0) is 5.41. The third-order valence-corrected chi connectivity index (χ3v) is 1.26. The molecule has 0 heterocycles. The molecule has 6 heteroatoms. The SMILES string of the molecule is [O]=[BiH].[O]=[Ti][Zn]=[O]. The molecule has 0 aromatic rings. The zero-order valence-electron chi connectivity index (χ0n) is 2.93. The average Bonchev–Trinajstić information content (AvgIpc) is 1.72. The maximum absolute atomic E-state index is 9.23. The van der Waals surface area contributed by atoms with Crippen molar-refractivity contribution in [3.8, 4) is 0 Å². The van der Waals surface area contributed by atoms with Crippen molar-refractivity contribution in [3.05, 3.63) is 0 Å². The third kappa shape index (κ3) is 17.5. The second kappa shape index (κ2) is 16.0. The number of hydrogen-bond donors (Lipinski definition) is 0. The Morgan fingerprint density at radius 3 is 1.67 bits per heavy atom. The molecule has 0 N–H and O–H groups in total. The standard InChI is InChI=1S/Bi.3O.Ti.Zn.H. The number of rotatable bonds is 1. The van der Waals surface area contributed by atoms with E-state index >= 15 is 0 Å². The van der Waals surface area contributed by atoms with Crippen LogP contribution in [0.3, 0.4) is 0 Å².